The van der Waals surface area contributed by atoms with Crippen LogP contribution in [-0.4, -0.2) is 46.2 Å². The van der Waals surface area contributed by atoms with E-state index >= 15 is 0 Å². The van der Waals surface area contributed by atoms with Gasteiger partial charge in [-0.3, -0.25) is 14.9 Å². The summed E-state index contributed by atoms with van der Waals surface area (Å²) in [6.45, 7) is 3.12. The Balaban J connectivity index is 1.85. The maximum absolute atomic E-state index is 6.02. The monoisotopic (exact) mass is 361 g/mol. The van der Waals surface area contributed by atoms with Gasteiger partial charge in [0.05, 0.1) is 24.9 Å². The minimum absolute atomic E-state index is 0.0193. The molecule has 3 aromatic heterocycles. The van der Waals surface area contributed by atoms with E-state index < -0.39 is 0 Å². The minimum Gasteiger partial charge on any atom is -0.384 e. The molecule has 0 aliphatic carbocycles. The van der Waals surface area contributed by atoms with Crippen LogP contribution in [0, 0.1) is 0 Å². The molecule has 0 aromatic carbocycles. The molecule has 1 atom stereocenters. The fourth-order valence-electron chi connectivity index (χ4n) is 3.73. The lowest BCUT2D eigenvalue weighted by Crippen LogP contribution is -2.42. The van der Waals surface area contributed by atoms with Gasteiger partial charge in [-0.1, -0.05) is 18.2 Å². The second-order valence-electron chi connectivity index (χ2n) is 6.63. The summed E-state index contributed by atoms with van der Waals surface area (Å²) in [5.74, 6) is 0.571. The first-order valence-corrected chi connectivity index (χ1v) is 9.17. The average Bonchev–Trinajstić information content (AvgIpc) is 2.74. The van der Waals surface area contributed by atoms with Gasteiger partial charge in [-0.25, -0.2) is 4.98 Å². The fourth-order valence-corrected chi connectivity index (χ4v) is 3.73. The SMILES string of the molecule is Nc1cccc(C(C(c2cccnc2)c2cccnc2)N2CCOCC2)n1. The molecule has 2 N–H and O–H groups in total. The van der Waals surface area contributed by atoms with E-state index in [0.29, 0.717) is 19.0 Å². The Morgan fingerprint density at radius 2 is 1.56 bits per heavy atom. The van der Waals surface area contributed by atoms with Gasteiger partial charge in [0.15, 0.2) is 0 Å². The molecular weight excluding hydrogens is 338 g/mol. The molecule has 0 radical (unpaired) electrons. The van der Waals surface area contributed by atoms with Gasteiger partial charge in [0.25, 0.3) is 0 Å². The molecule has 6 heteroatoms. The number of aromatic nitrogens is 3. The molecule has 1 fully saturated rings. The number of nitrogens with two attached hydrogens (primary N) is 1. The van der Waals surface area contributed by atoms with Crippen molar-refractivity contribution in [1.29, 1.82) is 0 Å². The van der Waals surface area contributed by atoms with Gasteiger partial charge in [-0.2, -0.15) is 0 Å². The van der Waals surface area contributed by atoms with E-state index in [2.05, 4.69) is 38.1 Å². The van der Waals surface area contributed by atoms with Gasteiger partial charge in [0, 0.05) is 43.8 Å². The number of nitrogens with zero attached hydrogens (tertiary/aromatic N) is 4. The van der Waals surface area contributed by atoms with Crippen LogP contribution in [-0.2, 0) is 4.74 Å². The zero-order chi connectivity index (χ0) is 18.5. The topological polar surface area (TPSA) is 77.2 Å². The van der Waals surface area contributed by atoms with E-state index in [4.69, 9.17) is 10.5 Å². The van der Waals surface area contributed by atoms with Crippen LogP contribution in [0.4, 0.5) is 5.82 Å². The van der Waals surface area contributed by atoms with Gasteiger partial charge >= 0.3 is 0 Å². The van der Waals surface area contributed by atoms with Crippen LogP contribution in [0.5, 0.6) is 0 Å². The van der Waals surface area contributed by atoms with E-state index in [-0.39, 0.29) is 12.0 Å². The highest BCUT2D eigenvalue weighted by atomic mass is 16.5. The number of rotatable bonds is 5. The molecular formula is C21H23N5O. The van der Waals surface area contributed by atoms with Gasteiger partial charge in [-0.05, 0) is 35.4 Å². The maximum atomic E-state index is 6.02. The first-order valence-electron chi connectivity index (χ1n) is 9.17. The summed E-state index contributed by atoms with van der Waals surface area (Å²) < 4.78 is 5.59. The summed E-state index contributed by atoms with van der Waals surface area (Å²) in [6, 6.07) is 14.0. The van der Waals surface area contributed by atoms with E-state index in [1.807, 2.05) is 36.7 Å². The second kappa shape index (κ2) is 8.24. The standard InChI is InChI=1S/C21H23N5O/c22-19-7-1-6-18(25-19)21(26-10-12-27-13-11-26)20(16-4-2-8-23-14-16)17-5-3-9-24-15-17/h1-9,14-15,20-21H,10-13H2,(H2,22,25). The maximum Gasteiger partial charge on any atom is 0.123 e. The summed E-state index contributed by atoms with van der Waals surface area (Å²) in [6.07, 6.45) is 7.45. The Morgan fingerprint density at radius 3 is 2.11 bits per heavy atom. The van der Waals surface area contributed by atoms with Crippen LogP contribution in [0.25, 0.3) is 0 Å². The molecule has 0 spiro atoms. The second-order valence-corrected chi connectivity index (χ2v) is 6.63. The number of hydrogen-bond donors (Lipinski definition) is 1. The first kappa shape index (κ1) is 17.6. The molecule has 1 saturated heterocycles. The molecule has 4 heterocycles. The fraction of sp³-hybridized carbons (Fsp3) is 0.286. The first-order chi connectivity index (χ1) is 13.3. The third kappa shape index (κ3) is 3.97. The predicted molar refractivity (Wildman–Crippen MR) is 104 cm³/mol. The molecule has 1 aliphatic rings. The summed E-state index contributed by atoms with van der Waals surface area (Å²) in [5.41, 5.74) is 9.24. The number of hydrogen-bond acceptors (Lipinski definition) is 6. The van der Waals surface area contributed by atoms with Crippen molar-refractivity contribution in [2.24, 2.45) is 0 Å². The normalized spacial score (nSPS) is 16.3. The Labute approximate surface area is 159 Å². The van der Waals surface area contributed by atoms with Gasteiger partial charge in [0.1, 0.15) is 5.82 Å². The Bertz CT molecular complexity index is 813. The van der Waals surface area contributed by atoms with E-state index in [9.17, 15) is 0 Å². The summed E-state index contributed by atoms with van der Waals surface area (Å²) in [5, 5.41) is 0. The Kier molecular flexibility index (Phi) is 5.37. The van der Waals surface area contributed by atoms with Crippen molar-refractivity contribution in [3.63, 3.8) is 0 Å². The van der Waals surface area contributed by atoms with Crippen molar-refractivity contribution in [3.8, 4) is 0 Å². The number of anilines is 1. The molecule has 3 aromatic rings. The number of nitrogen functional groups attached to an aromatic ring is 1. The molecule has 0 amide bonds. The van der Waals surface area contributed by atoms with E-state index in [1.165, 1.54) is 0 Å². The number of morpholine rings is 1. The minimum atomic E-state index is 0.0193. The van der Waals surface area contributed by atoms with E-state index in [1.54, 1.807) is 12.4 Å². The molecule has 1 unspecified atom stereocenters. The lowest BCUT2D eigenvalue weighted by Gasteiger charge is -2.39. The van der Waals surface area contributed by atoms with Crippen LogP contribution in [0.2, 0.25) is 0 Å². The van der Waals surface area contributed by atoms with Gasteiger partial charge in [0.2, 0.25) is 0 Å². The molecule has 4 rings (SSSR count). The lowest BCUT2D eigenvalue weighted by atomic mass is 9.83. The summed E-state index contributed by atoms with van der Waals surface area (Å²) in [7, 11) is 0. The Morgan fingerprint density at radius 1 is 0.889 bits per heavy atom. The predicted octanol–water partition coefficient (Wildman–Crippen LogP) is 2.66. The third-order valence-electron chi connectivity index (χ3n) is 4.94. The van der Waals surface area contributed by atoms with Crippen LogP contribution in [0.3, 0.4) is 0 Å². The van der Waals surface area contributed by atoms with Gasteiger partial charge in [-0.15, -0.1) is 0 Å². The van der Waals surface area contributed by atoms with Crippen molar-refractivity contribution < 1.29 is 4.74 Å². The van der Waals surface area contributed by atoms with E-state index in [0.717, 1.165) is 29.9 Å². The van der Waals surface area contributed by atoms with Crippen molar-refractivity contribution in [2.75, 3.05) is 32.0 Å². The zero-order valence-corrected chi connectivity index (χ0v) is 15.1. The van der Waals surface area contributed by atoms with Crippen molar-refractivity contribution in [1.82, 2.24) is 19.9 Å². The summed E-state index contributed by atoms with van der Waals surface area (Å²) in [4.78, 5) is 15.8. The van der Waals surface area contributed by atoms with Crippen LogP contribution >= 0.6 is 0 Å². The molecule has 0 saturated carbocycles. The number of ether oxygens (including phenoxy) is 1. The Hall–Kier alpha value is -2.83. The molecule has 0 bridgehead atoms. The summed E-state index contributed by atoms with van der Waals surface area (Å²) >= 11 is 0. The largest absolute Gasteiger partial charge is 0.384 e. The van der Waals surface area contributed by atoms with Crippen molar-refractivity contribution in [3.05, 3.63) is 84.1 Å². The van der Waals surface area contributed by atoms with Crippen LogP contribution in [0.1, 0.15) is 28.8 Å². The average molecular weight is 361 g/mol. The highest BCUT2D eigenvalue weighted by Crippen LogP contribution is 2.40. The van der Waals surface area contributed by atoms with Crippen LogP contribution < -0.4 is 5.73 Å². The van der Waals surface area contributed by atoms with Crippen molar-refractivity contribution in [2.45, 2.75) is 12.0 Å². The van der Waals surface area contributed by atoms with Crippen LogP contribution in [0.15, 0.2) is 67.3 Å². The third-order valence-corrected chi connectivity index (χ3v) is 4.94. The molecule has 138 valence electrons. The smallest absolute Gasteiger partial charge is 0.123 e. The lowest BCUT2D eigenvalue weighted by molar-refractivity contribution is 0.0115. The number of pyridine rings is 3. The zero-order valence-electron chi connectivity index (χ0n) is 15.1. The highest BCUT2D eigenvalue weighted by Gasteiger charge is 2.34. The van der Waals surface area contributed by atoms with Gasteiger partial charge < -0.3 is 10.5 Å². The van der Waals surface area contributed by atoms with Crippen molar-refractivity contribution >= 4 is 5.82 Å². The molecule has 1 aliphatic heterocycles. The molecule has 6 nitrogen and oxygen atoms in total. The molecule has 27 heavy (non-hydrogen) atoms. The highest BCUT2D eigenvalue weighted by molar-refractivity contribution is 5.37. The quantitative estimate of drug-likeness (QED) is 0.753.